The summed E-state index contributed by atoms with van der Waals surface area (Å²) >= 11 is 0. The molecule has 2 nitrogen and oxygen atoms in total. The van der Waals surface area contributed by atoms with Crippen molar-refractivity contribution in [2.45, 2.75) is 6.42 Å². The number of carbonyl (C=O) groups excluding carboxylic acids is 2. The predicted octanol–water partition coefficient (Wildman–Crippen LogP) is 5.90. The Kier molecular flexibility index (Phi) is 3.39. The molecule has 138 valence electrons. The fraction of sp³-hybridized carbons (Fsp3) is 0.111. The van der Waals surface area contributed by atoms with Gasteiger partial charge in [-0.25, -0.2) is 0 Å². The second-order valence-electron chi connectivity index (χ2n) is 7.96. The summed E-state index contributed by atoms with van der Waals surface area (Å²) in [7, 11) is 0. The molecule has 29 heavy (non-hydrogen) atoms. The van der Waals surface area contributed by atoms with Crippen LogP contribution < -0.4 is 0 Å². The van der Waals surface area contributed by atoms with Gasteiger partial charge in [-0.2, -0.15) is 0 Å². The van der Waals surface area contributed by atoms with Gasteiger partial charge in [-0.15, -0.1) is 0 Å². The number of hydrogen-bond donors (Lipinski definition) is 0. The Bertz CT molecular complexity index is 1150. The summed E-state index contributed by atoms with van der Waals surface area (Å²) < 4.78 is 0. The van der Waals surface area contributed by atoms with E-state index in [4.69, 9.17) is 0 Å². The molecule has 0 spiro atoms. The fourth-order valence-corrected chi connectivity index (χ4v) is 5.17. The fourth-order valence-electron chi connectivity index (χ4n) is 5.17. The molecule has 0 heterocycles. The van der Waals surface area contributed by atoms with Crippen LogP contribution in [0.5, 0.6) is 0 Å². The van der Waals surface area contributed by atoms with E-state index in [1.165, 1.54) is 0 Å². The smallest absolute Gasteiger partial charge is 0.191 e. The standard InChI is InChI=1S/C27H18O2/c28-26-22-18-11-12-19(15-18)23(22)27(29)25-21(17-9-5-2-6-10-17)14-13-20(24(25)26)16-7-3-1-4-8-16/h1-14,18-19H,15H2. The van der Waals surface area contributed by atoms with Crippen molar-refractivity contribution < 1.29 is 9.59 Å². The van der Waals surface area contributed by atoms with E-state index >= 15 is 0 Å². The minimum Gasteiger partial charge on any atom is -0.289 e. The van der Waals surface area contributed by atoms with Crippen molar-refractivity contribution in [3.8, 4) is 22.3 Å². The topological polar surface area (TPSA) is 34.1 Å². The molecule has 6 rings (SSSR count). The molecule has 0 aliphatic heterocycles. The first kappa shape index (κ1) is 16.4. The molecular formula is C27H18O2. The highest BCUT2D eigenvalue weighted by Gasteiger charge is 2.47. The molecule has 2 unspecified atom stereocenters. The van der Waals surface area contributed by atoms with Crippen molar-refractivity contribution >= 4 is 11.6 Å². The minimum atomic E-state index is 0.0306. The van der Waals surface area contributed by atoms with Gasteiger partial charge in [0.25, 0.3) is 0 Å². The highest BCUT2D eigenvalue weighted by atomic mass is 16.1. The van der Waals surface area contributed by atoms with Crippen LogP contribution in [0.2, 0.25) is 0 Å². The summed E-state index contributed by atoms with van der Waals surface area (Å²) in [6.45, 7) is 0. The van der Waals surface area contributed by atoms with E-state index in [1.54, 1.807) is 0 Å². The molecule has 0 aromatic heterocycles. The first-order valence-electron chi connectivity index (χ1n) is 10.0. The maximum Gasteiger partial charge on any atom is 0.191 e. The van der Waals surface area contributed by atoms with Crippen molar-refractivity contribution in [3.63, 3.8) is 0 Å². The molecule has 0 N–H and O–H groups in total. The molecule has 3 aliphatic rings. The predicted molar refractivity (Wildman–Crippen MR) is 114 cm³/mol. The van der Waals surface area contributed by atoms with Crippen molar-refractivity contribution in [3.05, 3.63) is 107 Å². The zero-order valence-corrected chi connectivity index (χ0v) is 15.8. The van der Waals surface area contributed by atoms with Crippen LogP contribution in [0.4, 0.5) is 0 Å². The lowest BCUT2D eigenvalue weighted by molar-refractivity contribution is 0.0970. The third-order valence-corrected chi connectivity index (χ3v) is 6.43. The van der Waals surface area contributed by atoms with E-state index in [9.17, 15) is 9.59 Å². The first-order valence-corrected chi connectivity index (χ1v) is 10.0. The lowest BCUT2D eigenvalue weighted by Crippen LogP contribution is -2.26. The molecule has 0 amide bonds. The molecule has 2 heteroatoms. The minimum absolute atomic E-state index is 0.0306. The third-order valence-electron chi connectivity index (χ3n) is 6.43. The number of Topliss-reactive ketones (excluding diaryl/α,β-unsaturated/α-hetero) is 2. The van der Waals surface area contributed by atoms with Crippen molar-refractivity contribution in [2.75, 3.05) is 0 Å². The summed E-state index contributed by atoms with van der Waals surface area (Å²) in [5.41, 5.74) is 6.23. The van der Waals surface area contributed by atoms with E-state index in [-0.39, 0.29) is 23.4 Å². The molecule has 2 bridgehead atoms. The van der Waals surface area contributed by atoms with Gasteiger partial charge in [-0.05, 0) is 28.7 Å². The molecule has 3 aliphatic carbocycles. The van der Waals surface area contributed by atoms with Crippen molar-refractivity contribution in [1.29, 1.82) is 0 Å². The van der Waals surface area contributed by atoms with Crippen LogP contribution in [0.1, 0.15) is 27.1 Å². The van der Waals surface area contributed by atoms with Gasteiger partial charge in [-0.1, -0.05) is 84.9 Å². The molecule has 2 atom stereocenters. The quantitative estimate of drug-likeness (QED) is 0.523. The largest absolute Gasteiger partial charge is 0.289 e. The number of hydrogen-bond acceptors (Lipinski definition) is 2. The third kappa shape index (κ3) is 2.23. The summed E-state index contributed by atoms with van der Waals surface area (Å²) in [6, 6.07) is 23.8. The van der Waals surface area contributed by atoms with E-state index in [0.717, 1.165) is 39.8 Å². The van der Waals surface area contributed by atoms with Gasteiger partial charge in [0.2, 0.25) is 0 Å². The number of carbonyl (C=O) groups is 2. The van der Waals surface area contributed by atoms with Gasteiger partial charge in [0, 0.05) is 34.1 Å². The zero-order valence-electron chi connectivity index (χ0n) is 15.8. The number of allylic oxidation sites excluding steroid dienone is 4. The molecule has 0 radical (unpaired) electrons. The Labute approximate surface area is 169 Å². The lowest BCUT2D eigenvalue weighted by atomic mass is 9.74. The maximum atomic E-state index is 13.8. The Balaban J connectivity index is 1.67. The van der Waals surface area contributed by atoms with E-state index < -0.39 is 0 Å². The van der Waals surface area contributed by atoms with Crippen LogP contribution in [0.15, 0.2) is 96.1 Å². The summed E-state index contributed by atoms with van der Waals surface area (Å²) in [5.74, 6) is 0.235. The average Bonchev–Trinajstić information content (AvgIpc) is 3.40. The monoisotopic (exact) mass is 374 g/mol. The van der Waals surface area contributed by atoms with Crippen molar-refractivity contribution in [1.82, 2.24) is 0 Å². The number of ketones is 2. The van der Waals surface area contributed by atoms with Gasteiger partial charge >= 0.3 is 0 Å². The SMILES string of the molecule is O=C1C2=C(C(=O)c3c(-c4ccccc4)ccc(-c4ccccc4)c31)C1C=CC2C1. The van der Waals surface area contributed by atoms with E-state index in [2.05, 4.69) is 12.2 Å². The van der Waals surface area contributed by atoms with Crippen LogP contribution >= 0.6 is 0 Å². The Morgan fingerprint density at radius 2 is 0.966 bits per heavy atom. The number of fused-ring (bicyclic) bond motifs is 5. The second-order valence-corrected chi connectivity index (χ2v) is 7.96. The van der Waals surface area contributed by atoms with Crippen LogP contribution in [-0.4, -0.2) is 11.6 Å². The lowest BCUT2D eigenvalue weighted by Gasteiger charge is -2.26. The van der Waals surface area contributed by atoms with E-state index in [0.29, 0.717) is 11.1 Å². The summed E-state index contributed by atoms with van der Waals surface area (Å²) in [5, 5.41) is 0. The highest BCUT2D eigenvalue weighted by molar-refractivity contribution is 6.32. The van der Waals surface area contributed by atoms with Crippen LogP contribution in [-0.2, 0) is 0 Å². The summed E-state index contributed by atoms with van der Waals surface area (Å²) in [4.78, 5) is 27.5. The number of benzene rings is 3. The second kappa shape index (κ2) is 5.99. The van der Waals surface area contributed by atoms with Gasteiger partial charge in [0.1, 0.15) is 0 Å². The van der Waals surface area contributed by atoms with Gasteiger partial charge in [0.15, 0.2) is 11.6 Å². The number of rotatable bonds is 2. The normalized spacial score (nSPS) is 21.5. The van der Waals surface area contributed by atoms with Gasteiger partial charge in [-0.3, -0.25) is 9.59 Å². The summed E-state index contributed by atoms with van der Waals surface area (Å²) in [6.07, 6.45) is 5.06. The Morgan fingerprint density at radius 3 is 1.38 bits per heavy atom. The maximum absolute atomic E-state index is 13.8. The average molecular weight is 374 g/mol. The first-order chi connectivity index (χ1) is 14.2. The molecule has 0 saturated heterocycles. The van der Waals surface area contributed by atoms with Crippen LogP contribution in [0, 0.1) is 11.8 Å². The van der Waals surface area contributed by atoms with Crippen LogP contribution in [0.3, 0.4) is 0 Å². The molecule has 3 aromatic carbocycles. The Morgan fingerprint density at radius 1 is 0.552 bits per heavy atom. The molecular weight excluding hydrogens is 356 g/mol. The highest BCUT2D eigenvalue weighted by Crippen LogP contribution is 2.51. The zero-order chi connectivity index (χ0) is 19.5. The molecule has 0 fully saturated rings. The molecule has 3 aromatic rings. The van der Waals surface area contributed by atoms with Gasteiger partial charge < -0.3 is 0 Å². The van der Waals surface area contributed by atoms with Crippen LogP contribution in [0.25, 0.3) is 22.3 Å². The molecule has 0 saturated carbocycles. The van der Waals surface area contributed by atoms with E-state index in [1.807, 2.05) is 72.8 Å². The van der Waals surface area contributed by atoms with Crippen molar-refractivity contribution in [2.24, 2.45) is 11.8 Å². The van der Waals surface area contributed by atoms with Gasteiger partial charge in [0.05, 0.1) is 0 Å². The Hall–Kier alpha value is -3.52.